The summed E-state index contributed by atoms with van der Waals surface area (Å²) in [5.74, 6) is -1.11. The highest BCUT2D eigenvalue weighted by Crippen LogP contribution is 2.36. The Morgan fingerprint density at radius 1 is 1.00 bits per heavy atom. The Kier molecular flexibility index (Phi) is 8.97. The zero-order chi connectivity index (χ0) is 28.4. The van der Waals surface area contributed by atoms with Gasteiger partial charge in [0.15, 0.2) is 0 Å². The van der Waals surface area contributed by atoms with Crippen LogP contribution in [0.25, 0.3) is 0 Å². The van der Waals surface area contributed by atoms with Crippen molar-refractivity contribution in [3.05, 3.63) is 86.1 Å². The fourth-order valence-corrected chi connectivity index (χ4v) is 5.00. The molecular weight excluding hydrogens is 590 g/mol. The number of hydrogen-bond acceptors (Lipinski definition) is 5. The van der Waals surface area contributed by atoms with Crippen LogP contribution in [0.1, 0.15) is 41.0 Å². The fraction of sp³-hybridized carbons (Fsp3) is 0.208. The van der Waals surface area contributed by atoms with Crippen molar-refractivity contribution in [1.82, 2.24) is 10.3 Å². The van der Waals surface area contributed by atoms with E-state index >= 15 is 0 Å². The van der Waals surface area contributed by atoms with Gasteiger partial charge in [0.25, 0.3) is 10.0 Å². The monoisotopic (exact) mass is 607 g/mol. The van der Waals surface area contributed by atoms with Gasteiger partial charge in [-0.25, -0.2) is 13.4 Å². The maximum absolute atomic E-state index is 13.4. The van der Waals surface area contributed by atoms with E-state index in [1.807, 2.05) is 0 Å². The standard InChI is InChI=1S/C24H19Cl3F3N3O4S/c1-12(2)32-21(34)8-13-3-5-18(26)16(7-13)23(35)22-20(9-14(25)11-31-22)33-38(36,37)15-4-6-19(27)17(10-15)24(28,29)30/h3-7,9-12,33H,8H2,1-2H3,(H,32,34). The lowest BCUT2D eigenvalue weighted by Crippen LogP contribution is -2.31. The first kappa shape index (κ1) is 29.7. The molecule has 0 saturated heterocycles. The first-order chi connectivity index (χ1) is 17.6. The van der Waals surface area contributed by atoms with E-state index in [2.05, 4.69) is 15.0 Å². The number of nitrogens with one attached hydrogen (secondary N) is 2. The predicted molar refractivity (Wildman–Crippen MR) is 138 cm³/mol. The van der Waals surface area contributed by atoms with Gasteiger partial charge in [-0.2, -0.15) is 13.2 Å². The van der Waals surface area contributed by atoms with Crippen LogP contribution in [0.2, 0.25) is 15.1 Å². The second-order valence-electron chi connectivity index (χ2n) is 8.34. The maximum Gasteiger partial charge on any atom is 0.417 e. The summed E-state index contributed by atoms with van der Waals surface area (Å²) in [5, 5.41) is 1.98. The van der Waals surface area contributed by atoms with Gasteiger partial charge in [0.05, 0.1) is 37.6 Å². The summed E-state index contributed by atoms with van der Waals surface area (Å²) in [6.07, 6.45) is -3.87. The summed E-state index contributed by atoms with van der Waals surface area (Å²) in [4.78, 5) is 28.7. The van der Waals surface area contributed by atoms with Crippen molar-refractivity contribution in [2.24, 2.45) is 0 Å². The number of halogens is 6. The molecule has 1 heterocycles. The Morgan fingerprint density at radius 3 is 2.29 bits per heavy atom. The Morgan fingerprint density at radius 2 is 1.66 bits per heavy atom. The molecule has 2 aromatic carbocycles. The number of aromatic nitrogens is 1. The van der Waals surface area contributed by atoms with Crippen molar-refractivity contribution < 1.29 is 31.2 Å². The van der Waals surface area contributed by atoms with E-state index in [4.69, 9.17) is 34.8 Å². The van der Waals surface area contributed by atoms with Crippen LogP contribution < -0.4 is 10.0 Å². The maximum atomic E-state index is 13.4. The number of amides is 1. The molecule has 14 heteroatoms. The summed E-state index contributed by atoms with van der Waals surface area (Å²) in [6, 6.07) is 7.34. The summed E-state index contributed by atoms with van der Waals surface area (Å²) < 4.78 is 67.8. The number of nitrogens with zero attached hydrogens (tertiary/aromatic N) is 1. The molecular formula is C24H19Cl3F3N3O4S. The molecule has 3 aromatic rings. The molecule has 7 nitrogen and oxygen atoms in total. The Balaban J connectivity index is 2.00. The Labute approximate surface area is 231 Å². The number of rotatable bonds is 8. The molecule has 0 atom stereocenters. The smallest absolute Gasteiger partial charge is 0.354 e. The van der Waals surface area contributed by atoms with Crippen LogP contribution in [0.5, 0.6) is 0 Å². The Hall–Kier alpha value is -2.86. The van der Waals surface area contributed by atoms with Crippen molar-refractivity contribution in [3.8, 4) is 0 Å². The SMILES string of the molecule is CC(C)NC(=O)Cc1ccc(Cl)c(C(=O)c2ncc(Cl)cc2NS(=O)(=O)c2ccc(Cl)c(C(F)(F)F)c2)c1. The zero-order valence-corrected chi connectivity index (χ0v) is 22.7. The summed E-state index contributed by atoms with van der Waals surface area (Å²) in [6.45, 7) is 3.58. The summed E-state index contributed by atoms with van der Waals surface area (Å²) in [7, 11) is -4.66. The van der Waals surface area contributed by atoms with Gasteiger partial charge in [0.1, 0.15) is 5.69 Å². The minimum Gasteiger partial charge on any atom is -0.354 e. The molecule has 0 fully saturated rings. The van der Waals surface area contributed by atoms with Crippen molar-refractivity contribution in [3.63, 3.8) is 0 Å². The van der Waals surface area contributed by atoms with Crippen molar-refractivity contribution in [1.29, 1.82) is 0 Å². The number of carbonyl (C=O) groups is 2. The molecule has 38 heavy (non-hydrogen) atoms. The number of pyridine rings is 1. The van der Waals surface area contributed by atoms with Crippen LogP contribution in [0.3, 0.4) is 0 Å². The number of anilines is 1. The van der Waals surface area contributed by atoms with Gasteiger partial charge < -0.3 is 5.32 Å². The third-order valence-corrected chi connectivity index (χ3v) is 7.19. The second-order valence-corrected chi connectivity index (χ2v) is 11.3. The third-order valence-electron chi connectivity index (χ3n) is 4.96. The van der Waals surface area contributed by atoms with E-state index in [1.54, 1.807) is 19.9 Å². The fourth-order valence-electron chi connectivity index (χ4n) is 3.33. The summed E-state index contributed by atoms with van der Waals surface area (Å²) in [5.41, 5.74) is -1.80. The number of carbonyl (C=O) groups excluding carboxylic acids is 2. The van der Waals surface area contributed by atoms with Crippen LogP contribution >= 0.6 is 34.8 Å². The Bertz CT molecular complexity index is 1510. The molecule has 0 saturated carbocycles. The van der Waals surface area contributed by atoms with Gasteiger partial charge in [-0.15, -0.1) is 0 Å². The highest BCUT2D eigenvalue weighted by atomic mass is 35.5. The molecule has 0 aliphatic rings. The number of hydrogen-bond donors (Lipinski definition) is 2. The number of benzene rings is 2. The van der Waals surface area contributed by atoms with Gasteiger partial charge in [-0.3, -0.25) is 14.3 Å². The van der Waals surface area contributed by atoms with E-state index in [-0.39, 0.29) is 34.0 Å². The highest BCUT2D eigenvalue weighted by molar-refractivity contribution is 7.92. The van der Waals surface area contributed by atoms with E-state index < -0.39 is 48.8 Å². The molecule has 0 aliphatic heterocycles. The average Bonchev–Trinajstić information content (AvgIpc) is 2.78. The second kappa shape index (κ2) is 11.5. The molecule has 0 radical (unpaired) electrons. The molecule has 0 unspecified atom stereocenters. The predicted octanol–water partition coefficient (Wildman–Crippen LogP) is 6.16. The minimum atomic E-state index is -4.91. The van der Waals surface area contributed by atoms with Crippen LogP contribution in [-0.4, -0.2) is 31.1 Å². The quantitative estimate of drug-likeness (QED) is 0.298. The van der Waals surface area contributed by atoms with Crippen molar-refractivity contribution in [2.45, 2.75) is 37.4 Å². The van der Waals surface area contributed by atoms with E-state index in [1.165, 1.54) is 12.1 Å². The van der Waals surface area contributed by atoms with Gasteiger partial charge in [-0.1, -0.05) is 40.9 Å². The van der Waals surface area contributed by atoms with Gasteiger partial charge in [-0.05, 0) is 55.8 Å². The van der Waals surface area contributed by atoms with E-state index in [9.17, 15) is 31.2 Å². The zero-order valence-electron chi connectivity index (χ0n) is 19.7. The topological polar surface area (TPSA) is 105 Å². The average molecular weight is 609 g/mol. The first-order valence-corrected chi connectivity index (χ1v) is 13.4. The molecule has 2 N–H and O–H groups in total. The first-order valence-electron chi connectivity index (χ1n) is 10.8. The van der Waals surface area contributed by atoms with E-state index in [0.717, 1.165) is 24.4 Å². The number of alkyl halides is 3. The molecule has 0 spiro atoms. The van der Waals surface area contributed by atoms with Gasteiger partial charge in [0, 0.05) is 17.8 Å². The molecule has 0 aliphatic carbocycles. The van der Waals surface area contributed by atoms with Crippen LogP contribution in [0, 0.1) is 0 Å². The van der Waals surface area contributed by atoms with Crippen LogP contribution in [-0.2, 0) is 27.4 Å². The lowest BCUT2D eigenvalue weighted by Gasteiger charge is -2.15. The van der Waals surface area contributed by atoms with Crippen LogP contribution in [0.4, 0.5) is 18.9 Å². The van der Waals surface area contributed by atoms with E-state index in [0.29, 0.717) is 11.6 Å². The molecule has 1 amide bonds. The summed E-state index contributed by atoms with van der Waals surface area (Å²) >= 11 is 17.8. The number of sulfonamides is 1. The van der Waals surface area contributed by atoms with Crippen LogP contribution in [0.15, 0.2) is 53.6 Å². The van der Waals surface area contributed by atoms with Crippen molar-refractivity contribution in [2.75, 3.05) is 4.72 Å². The number of ketones is 1. The normalized spacial score (nSPS) is 11.9. The van der Waals surface area contributed by atoms with Crippen molar-refractivity contribution >= 4 is 62.2 Å². The minimum absolute atomic E-state index is 0.00101. The molecule has 0 bridgehead atoms. The lowest BCUT2D eigenvalue weighted by atomic mass is 10.0. The highest BCUT2D eigenvalue weighted by Gasteiger charge is 2.35. The van der Waals surface area contributed by atoms with Gasteiger partial charge >= 0.3 is 6.18 Å². The van der Waals surface area contributed by atoms with Gasteiger partial charge in [0.2, 0.25) is 11.7 Å². The largest absolute Gasteiger partial charge is 0.417 e. The third kappa shape index (κ3) is 7.16. The molecule has 1 aromatic heterocycles. The molecule has 3 rings (SSSR count). The lowest BCUT2D eigenvalue weighted by molar-refractivity contribution is -0.137. The molecule has 202 valence electrons.